The van der Waals surface area contributed by atoms with Crippen LogP contribution in [0.4, 0.5) is 5.69 Å². The topological polar surface area (TPSA) is 75.7 Å². The van der Waals surface area contributed by atoms with Gasteiger partial charge in [0.2, 0.25) is 0 Å². The van der Waals surface area contributed by atoms with Crippen molar-refractivity contribution < 1.29 is 19.1 Å². The molecular formula is C21H22Cl2N2O4. The van der Waals surface area contributed by atoms with Crippen LogP contribution in [0.2, 0.25) is 10.0 Å². The number of hydrogen-bond acceptors (Lipinski definition) is 4. The largest absolute Gasteiger partial charge is 0.454 e. The summed E-state index contributed by atoms with van der Waals surface area (Å²) in [6.07, 6.45) is 0. The number of carbonyl (C=O) groups excluding carboxylic acids is 3. The molecule has 2 aromatic rings. The van der Waals surface area contributed by atoms with E-state index in [9.17, 15) is 14.4 Å². The lowest BCUT2D eigenvalue weighted by Crippen LogP contribution is -2.46. The summed E-state index contributed by atoms with van der Waals surface area (Å²) in [7, 11) is 1.59. The minimum Gasteiger partial charge on any atom is -0.454 e. The molecule has 154 valence electrons. The molecule has 2 rings (SSSR count). The predicted octanol–water partition coefficient (Wildman–Crippen LogP) is 3.95. The van der Waals surface area contributed by atoms with Crippen molar-refractivity contribution in [2.75, 3.05) is 18.6 Å². The fourth-order valence-corrected chi connectivity index (χ4v) is 3.00. The van der Waals surface area contributed by atoms with Gasteiger partial charge < -0.3 is 15.0 Å². The summed E-state index contributed by atoms with van der Waals surface area (Å²) in [5, 5.41) is 3.18. The molecule has 0 aromatic heterocycles. The molecule has 0 bridgehead atoms. The molecule has 6 nitrogen and oxygen atoms in total. The monoisotopic (exact) mass is 436 g/mol. The quantitative estimate of drug-likeness (QED) is 0.666. The van der Waals surface area contributed by atoms with Crippen LogP contribution < -0.4 is 10.2 Å². The Balaban J connectivity index is 2.00. The highest BCUT2D eigenvalue weighted by Gasteiger charge is 2.28. The van der Waals surface area contributed by atoms with Gasteiger partial charge >= 0.3 is 5.97 Å². The van der Waals surface area contributed by atoms with E-state index in [1.165, 1.54) is 23.1 Å². The van der Waals surface area contributed by atoms with Crippen molar-refractivity contribution in [3.8, 4) is 0 Å². The first-order valence-corrected chi connectivity index (χ1v) is 9.70. The molecule has 1 atom stereocenters. The number of halogens is 2. The Morgan fingerprint density at radius 1 is 1.07 bits per heavy atom. The summed E-state index contributed by atoms with van der Waals surface area (Å²) in [4.78, 5) is 38.7. The second-order valence-electron chi connectivity index (χ2n) is 6.72. The lowest BCUT2D eigenvalue weighted by atomic mass is 10.0. The predicted molar refractivity (Wildman–Crippen MR) is 113 cm³/mol. The minimum absolute atomic E-state index is 0.172. The van der Waals surface area contributed by atoms with Gasteiger partial charge in [-0.05, 0) is 36.2 Å². The fraction of sp³-hybridized carbons (Fsp3) is 0.286. The number of likely N-dealkylation sites (N-methyl/N-ethyl adjacent to an activating group) is 1. The van der Waals surface area contributed by atoms with Crippen molar-refractivity contribution in [1.29, 1.82) is 0 Å². The van der Waals surface area contributed by atoms with E-state index in [0.717, 1.165) is 0 Å². The first kappa shape index (κ1) is 22.7. The Morgan fingerprint density at radius 2 is 1.72 bits per heavy atom. The van der Waals surface area contributed by atoms with E-state index in [2.05, 4.69) is 5.32 Å². The third-order valence-corrected chi connectivity index (χ3v) is 4.79. The molecule has 29 heavy (non-hydrogen) atoms. The molecule has 0 saturated carbocycles. The molecule has 8 heteroatoms. The van der Waals surface area contributed by atoms with Crippen molar-refractivity contribution in [2.45, 2.75) is 19.9 Å². The molecule has 0 heterocycles. The highest BCUT2D eigenvalue weighted by molar-refractivity contribution is 6.36. The van der Waals surface area contributed by atoms with E-state index in [0.29, 0.717) is 10.7 Å². The third kappa shape index (κ3) is 6.21. The highest BCUT2D eigenvalue weighted by Crippen LogP contribution is 2.21. The molecule has 0 fully saturated rings. The van der Waals surface area contributed by atoms with Crippen molar-refractivity contribution in [2.24, 2.45) is 5.92 Å². The van der Waals surface area contributed by atoms with E-state index >= 15 is 0 Å². The number of amides is 2. The van der Waals surface area contributed by atoms with Crippen LogP contribution in [0.15, 0.2) is 48.5 Å². The Kier molecular flexibility index (Phi) is 8.05. The van der Waals surface area contributed by atoms with Crippen LogP contribution in [0.5, 0.6) is 0 Å². The van der Waals surface area contributed by atoms with Gasteiger partial charge in [-0.15, -0.1) is 0 Å². The van der Waals surface area contributed by atoms with E-state index < -0.39 is 24.5 Å². The van der Waals surface area contributed by atoms with Gasteiger partial charge in [-0.25, -0.2) is 4.79 Å². The maximum atomic E-state index is 12.5. The van der Waals surface area contributed by atoms with Gasteiger partial charge in [0.1, 0.15) is 6.04 Å². The lowest BCUT2D eigenvalue weighted by Gasteiger charge is -2.22. The van der Waals surface area contributed by atoms with Crippen molar-refractivity contribution in [1.82, 2.24) is 5.32 Å². The fourth-order valence-electron chi connectivity index (χ4n) is 2.51. The van der Waals surface area contributed by atoms with Gasteiger partial charge in [-0.1, -0.05) is 55.2 Å². The first-order chi connectivity index (χ1) is 13.7. The van der Waals surface area contributed by atoms with Crippen LogP contribution in [0.1, 0.15) is 24.2 Å². The SMILES string of the molecule is CC(C)[C@H](NC(=O)c1ccc(Cl)cc1Cl)C(=O)OCC(=O)N(C)c1ccccc1. The molecule has 0 unspecified atom stereocenters. The van der Waals surface area contributed by atoms with Crippen molar-refractivity contribution in [3.05, 3.63) is 64.1 Å². The third-order valence-electron chi connectivity index (χ3n) is 4.24. The van der Waals surface area contributed by atoms with E-state index in [-0.39, 0.29) is 22.4 Å². The van der Waals surface area contributed by atoms with Crippen molar-refractivity contribution >= 4 is 46.7 Å². The molecule has 0 aliphatic heterocycles. The van der Waals surface area contributed by atoms with Gasteiger partial charge in [0.15, 0.2) is 6.61 Å². The summed E-state index contributed by atoms with van der Waals surface area (Å²) in [5.74, 6) is -1.89. The van der Waals surface area contributed by atoms with Crippen LogP contribution in [-0.2, 0) is 14.3 Å². The molecule has 0 saturated heterocycles. The number of benzene rings is 2. The number of ether oxygens (including phenoxy) is 1. The van der Waals surface area contributed by atoms with Gasteiger partial charge in [0.25, 0.3) is 11.8 Å². The number of rotatable bonds is 7. The molecule has 2 aromatic carbocycles. The molecular weight excluding hydrogens is 415 g/mol. The van der Waals surface area contributed by atoms with Crippen LogP contribution >= 0.6 is 23.2 Å². The summed E-state index contributed by atoms with van der Waals surface area (Å²) < 4.78 is 5.16. The second kappa shape index (κ2) is 10.3. The van der Waals surface area contributed by atoms with E-state index in [4.69, 9.17) is 27.9 Å². The van der Waals surface area contributed by atoms with Crippen molar-refractivity contribution in [3.63, 3.8) is 0 Å². The smallest absolute Gasteiger partial charge is 0.329 e. The van der Waals surface area contributed by atoms with Crippen LogP contribution in [0.25, 0.3) is 0 Å². The average molecular weight is 437 g/mol. The number of anilines is 1. The van der Waals surface area contributed by atoms with Crippen LogP contribution in [-0.4, -0.2) is 37.5 Å². The number of carbonyl (C=O) groups is 3. The zero-order valence-corrected chi connectivity index (χ0v) is 17.8. The van der Waals surface area contributed by atoms with Crippen LogP contribution in [0, 0.1) is 5.92 Å². The van der Waals surface area contributed by atoms with Gasteiger partial charge in [-0.3, -0.25) is 9.59 Å². The molecule has 1 N–H and O–H groups in total. The standard InChI is InChI=1S/C21H22Cl2N2O4/c1-13(2)19(24-20(27)16-10-9-14(22)11-17(16)23)21(28)29-12-18(26)25(3)15-7-5-4-6-8-15/h4-11,13,19H,12H2,1-3H3,(H,24,27)/t19-/m0/s1. The second-order valence-corrected chi connectivity index (χ2v) is 7.56. The van der Waals surface area contributed by atoms with Gasteiger partial charge in [0, 0.05) is 17.8 Å². The number of hydrogen-bond donors (Lipinski definition) is 1. The summed E-state index contributed by atoms with van der Waals surface area (Å²) in [6.45, 7) is 3.08. The Bertz CT molecular complexity index is 888. The Labute approximate surface area is 179 Å². The molecule has 0 spiro atoms. The normalized spacial score (nSPS) is 11.7. The van der Waals surface area contributed by atoms with Gasteiger partial charge in [-0.2, -0.15) is 0 Å². The van der Waals surface area contributed by atoms with Gasteiger partial charge in [0.05, 0.1) is 10.6 Å². The summed E-state index contributed by atoms with van der Waals surface area (Å²) >= 11 is 11.9. The van der Waals surface area contributed by atoms with E-state index in [1.54, 1.807) is 45.2 Å². The summed E-state index contributed by atoms with van der Waals surface area (Å²) in [5.41, 5.74) is 0.869. The Hall–Kier alpha value is -2.57. The zero-order chi connectivity index (χ0) is 21.6. The van der Waals surface area contributed by atoms with E-state index in [1.807, 2.05) is 6.07 Å². The number of nitrogens with zero attached hydrogens (tertiary/aromatic N) is 1. The lowest BCUT2D eigenvalue weighted by molar-refractivity contribution is -0.150. The number of esters is 1. The summed E-state index contributed by atoms with van der Waals surface area (Å²) in [6, 6.07) is 12.5. The highest BCUT2D eigenvalue weighted by atomic mass is 35.5. The minimum atomic E-state index is -0.941. The first-order valence-electron chi connectivity index (χ1n) is 8.95. The average Bonchev–Trinajstić information content (AvgIpc) is 2.69. The molecule has 0 aliphatic rings. The molecule has 2 amide bonds. The molecule has 0 radical (unpaired) electrons. The maximum absolute atomic E-state index is 12.5. The van der Waals surface area contributed by atoms with Crippen LogP contribution in [0.3, 0.4) is 0 Å². The Morgan fingerprint density at radius 3 is 2.31 bits per heavy atom. The maximum Gasteiger partial charge on any atom is 0.329 e. The number of para-hydroxylation sites is 1. The molecule has 0 aliphatic carbocycles. The number of nitrogens with one attached hydrogen (secondary N) is 1. The zero-order valence-electron chi connectivity index (χ0n) is 16.3.